The molecule has 4 rings (SSSR count). The van der Waals surface area contributed by atoms with Crippen LogP contribution in [0.5, 0.6) is 5.75 Å². The fourth-order valence-corrected chi connectivity index (χ4v) is 3.53. The Labute approximate surface area is 197 Å². The zero-order chi connectivity index (χ0) is 23.2. The summed E-state index contributed by atoms with van der Waals surface area (Å²) in [4.78, 5) is 28.5. The van der Waals surface area contributed by atoms with Crippen molar-refractivity contribution in [3.05, 3.63) is 65.1 Å². The van der Waals surface area contributed by atoms with Crippen LogP contribution in [0.4, 0.5) is 17.5 Å². The van der Waals surface area contributed by atoms with Gasteiger partial charge in [0.2, 0.25) is 5.95 Å². The van der Waals surface area contributed by atoms with Gasteiger partial charge in [-0.1, -0.05) is 11.6 Å². The minimum absolute atomic E-state index is 0.292. The van der Waals surface area contributed by atoms with Gasteiger partial charge < -0.3 is 25.6 Å². The summed E-state index contributed by atoms with van der Waals surface area (Å²) >= 11 is 6.01. The number of anilines is 3. The number of nitrogens with one attached hydrogen (secondary N) is 3. The lowest BCUT2D eigenvalue weighted by Crippen LogP contribution is -2.44. The van der Waals surface area contributed by atoms with Crippen molar-refractivity contribution in [2.75, 3.05) is 43.5 Å². The molecule has 1 aromatic carbocycles. The van der Waals surface area contributed by atoms with Crippen molar-refractivity contribution < 1.29 is 9.53 Å². The Morgan fingerprint density at radius 3 is 2.58 bits per heavy atom. The molecule has 0 radical (unpaired) electrons. The Hall–Kier alpha value is -3.43. The predicted octanol–water partition coefficient (Wildman–Crippen LogP) is 3.18. The monoisotopic (exact) mass is 467 g/mol. The van der Waals surface area contributed by atoms with Crippen LogP contribution in [-0.4, -0.2) is 54.1 Å². The van der Waals surface area contributed by atoms with E-state index in [1.165, 1.54) is 6.20 Å². The zero-order valence-electron chi connectivity index (χ0n) is 18.5. The molecule has 1 aliphatic rings. The average Bonchev–Trinajstić information content (AvgIpc) is 2.86. The minimum Gasteiger partial charge on any atom is -0.495 e. The van der Waals surface area contributed by atoms with E-state index in [9.17, 15) is 4.79 Å². The van der Waals surface area contributed by atoms with Crippen molar-refractivity contribution in [3.63, 3.8) is 0 Å². The molecule has 3 heterocycles. The van der Waals surface area contributed by atoms with Gasteiger partial charge in [0, 0.05) is 43.0 Å². The highest BCUT2D eigenvalue weighted by Gasteiger charge is 2.19. The molecule has 1 aliphatic heterocycles. The Balaban J connectivity index is 1.57. The molecule has 1 fully saturated rings. The third kappa shape index (κ3) is 5.88. The number of methoxy groups -OCH3 is 1. The van der Waals surface area contributed by atoms with Crippen molar-refractivity contribution >= 4 is 35.0 Å². The van der Waals surface area contributed by atoms with Gasteiger partial charge in [-0.05, 0) is 43.3 Å². The van der Waals surface area contributed by atoms with E-state index in [0.29, 0.717) is 33.9 Å². The maximum Gasteiger partial charge on any atom is 0.270 e. The summed E-state index contributed by atoms with van der Waals surface area (Å²) < 4.78 is 5.10. The second kappa shape index (κ2) is 10.5. The lowest BCUT2D eigenvalue weighted by Gasteiger charge is -2.28. The van der Waals surface area contributed by atoms with Gasteiger partial charge >= 0.3 is 0 Å². The number of piperazine rings is 1. The molecule has 0 spiro atoms. The van der Waals surface area contributed by atoms with Crippen LogP contribution in [0, 0.1) is 0 Å². The molecule has 0 aliphatic carbocycles. The first-order valence-corrected chi connectivity index (χ1v) is 11.1. The molecule has 10 heteroatoms. The predicted molar refractivity (Wildman–Crippen MR) is 129 cm³/mol. The zero-order valence-corrected chi connectivity index (χ0v) is 19.3. The molecule has 0 bridgehead atoms. The highest BCUT2D eigenvalue weighted by molar-refractivity contribution is 6.30. The number of halogens is 1. The van der Waals surface area contributed by atoms with Crippen LogP contribution in [0.25, 0.3) is 0 Å². The summed E-state index contributed by atoms with van der Waals surface area (Å²) in [5.41, 5.74) is 1.85. The average molecular weight is 468 g/mol. The maximum absolute atomic E-state index is 12.7. The molecule has 172 valence electrons. The number of pyridine rings is 1. The first-order chi connectivity index (χ1) is 16.0. The number of ether oxygens (including phenoxy) is 1. The largest absolute Gasteiger partial charge is 0.495 e. The van der Waals surface area contributed by atoms with Crippen molar-refractivity contribution in [2.45, 2.75) is 13.0 Å². The molecule has 1 atom stereocenters. The standard InChI is InChI=1S/C23H26ClN7O2/c1-15(27-22(32)19-8-7-18(33-2)14-26-19)20-13-21(28-17-5-3-16(24)4-6-17)30-23(29-20)31-11-9-25-10-12-31/h3-8,13-15,25H,9-12H2,1-2H3,(H,27,32)(H,28,29,30)/t15-/m0/s1. The van der Waals surface area contributed by atoms with Gasteiger partial charge in [-0.15, -0.1) is 0 Å². The summed E-state index contributed by atoms with van der Waals surface area (Å²) in [5, 5.41) is 10.3. The molecule has 1 amide bonds. The first kappa shape index (κ1) is 22.8. The van der Waals surface area contributed by atoms with Crippen LogP contribution in [0.3, 0.4) is 0 Å². The normalized spacial score (nSPS) is 14.5. The summed E-state index contributed by atoms with van der Waals surface area (Å²) in [6.45, 7) is 5.23. The minimum atomic E-state index is -0.364. The lowest BCUT2D eigenvalue weighted by atomic mass is 10.2. The van der Waals surface area contributed by atoms with Crippen LogP contribution in [0.1, 0.15) is 29.1 Å². The second-order valence-corrected chi connectivity index (χ2v) is 8.06. The van der Waals surface area contributed by atoms with Crippen LogP contribution >= 0.6 is 11.6 Å². The van der Waals surface area contributed by atoms with Crippen molar-refractivity contribution in [3.8, 4) is 5.75 Å². The van der Waals surface area contributed by atoms with Gasteiger partial charge in [0.15, 0.2) is 0 Å². The van der Waals surface area contributed by atoms with E-state index in [1.54, 1.807) is 19.2 Å². The van der Waals surface area contributed by atoms with E-state index in [4.69, 9.17) is 26.3 Å². The Bertz CT molecular complexity index is 1090. The maximum atomic E-state index is 12.7. The molecule has 9 nitrogen and oxygen atoms in total. The van der Waals surface area contributed by atoms with Crippen LogP contribution in [0.15, 0.2) is 48.7 Å². The summed E-state index contributed by atoms with van der Waals surface area (Å²) in [6, 6.07) is 12.2. The topological polar surface area (TPSA) is 104 Å². The highest BCUT2D eigenvalue weighted by atomic mass is 35.5. The van der Waals surface area contributed by atoms with Gasteiger partial charge in [-0.25, -0.2) is 9.97 Å². The molecule has 3 aromatic rings. The van der Waals surface area contributed by atoms with E-state index in [2.05, 4.69) is 25.8 Å². The number of carbonyl (C=O) groups excluding carboxylic acids is 1. The quantitative estimate of drug-likeness (QED) is 0.486. The number of hydrogen-bond donors (Lipinski definition) is 3. The van der Waals surface area contributed by atoms with Gasteiger partial charge in [0.05, 0.1) is 25.0 Å². The van der Waals surface area contributed by atoms with E-state index in [-0.39, 0.29) is 11.9 Å². The second-order valence-electron chi connectivity index (χ2n) is 7.63. The van der Waals surface area contributed by atoms with E-state index >= 15 is 0 Å². The summed E-state index contributed by atoms with van der Waals surface area (Å²) in [5.74, 6) is 1.56. The number of amides is 1. The molecule has 0 saturated carbocycles. The number of nitrogens with zero attached hydrogens (tertiary/aromatic N) is 4. The Kier molecular flexibility index (Phi) is 7.21. The smallest absolute Gasteiger partial charge is 0.270 e. The molecular weight excluding hydrogens is 442 g/mol. The summed E-state index contributed by atoms with van der Waals surface area (Å²) in [7, 11) is 1.56. The third-order valence-electron chi connectivity index (χ3n) is 5.25. The van der Waals surface area contributed by atoms with Gasteiger partial charge in [0.1, 0.15) is 17.3 Å². The number of aromatic nitrogens is 3. The van der Waals surface area contributed by atoms with Crippen LogP contribution in [0.2, 0.25) is 5.02 Å². The third-order valence-corrected chi connectivity index (χ3v) is 5.50. The van der Waals surface area contributed by atoms with E-state index < -0.39 is 0 Å². The van der Waals surface area contributed by atoms with Crippen molar-refractivity contribution in [1.82, 2.24) is 25.6 Å². The summed E-state index contributed by atoms with van der Waals surface area (Å²) in [6.07, 6.45) is 1.51. The number of hydrogen-bond acceptors (Lipinski definition) is 8. The Morgan fingerprint density at radius 2 is 1.91 bits per heavy atom. The molecule has 2 aromatic heterocycles. The number of benzene rings is 1. The molecule has 33 heavy (non-hydrogen) atoms. The fraction of sp³-hybridized carbons (Fsp3) is 0.304. The lowest BCUT2D eigenvalue weighted by molar-refractivity contribution is 0.0934. The van der Waals surface area contributed by atoms with Gasteiger partial charge in [-0.2, -0.15) is 4.98 Å². The first-order valence-electron chi connectivity index (χ1n) is 10.7. The Morgan fingerprint density at radius 1 is 1.15 bits per heavy atom. The molecule has 3 N–H and O–H groups in total. The van der Waals surface area contributed by atoms with Crippen LogP contribution in [-0.2, 0) is 0 Å². The number of rotatable bonds is 7. The molecule has 0 unspecified atom stereocenters. The molecular formula is C23H26ClN7O2. The van der Waals surface area contributed by atoms with Gasteiger partial charge in [-0.3, -0.25) is 4.79 Å². The highest BCUT2D eigenvalue weighted by Crippen LogP contribution is 2.23. The number of carbonyl (C=O) groups is 1. The van der Waals surface area contributed by atoms with E-state index in [0.717, 1.165) is 31.9 Å². The SMILES string of the molecule is COc1ccc(C(=O)N[C@@H](C)c2cc(Nc3ccc(Cl)cc3)nc(N3CCNCC3)n2)nc1. The van der Waals surface area contributed by atoms with E-state index in [1.807, 2.05) is 37.3 Å². The van der Waals surface area contributed by atoms with Crippen LogP contribution < -0.4 is 25.6 Å². The van der Waals surface area contributed by atoms with Gasteiger partial charge in [0.25, 0.3) is 5.91 Å². The van der Waals surface area contributed by atoms with Crippen molar-refractivity contribution in [2.24, 2.45) is 0 Å². The van der Waals surface area contributed by atoms with Crippen molar-refractivity contribution in [1.29, 1.82) is 0 Å². The fourth-order valence-electron chi connectivity index (χ4n) is 3.41. The molecule has 1 saturated heterocycles.